The molecular formula is C43H32N2O. The highest BCUT2D eigenvalue weighted by atomic mass is 16.3. The number of hydrogen-bond donors (Lipinski definition) is 1. The predicted molar refractivity (Wildman–Crippen MR) is 194 cm³/mol. The molecule has 0 fully saturated rings. The third kappa shape index (κ3) is 5.18. The van der Waals surface area contributed by atoms with E-state index in [0.717, 1.165) is 61.5 Å². The first-order valence-corrected chi connectivity index (χ1v) is 15.6. The number of furan rings is 1. The quantitative estimate of drug-likeness (QED) is 0.200. The standard InChI is InChI=1S/C43H32N2O/c1-30-18-24-34(25-19-30)45(36-28-22-33(23-29-36)44-41-16-7-5-12-37(41)31-10-3-2-4-11-31)35-26-20-32(21-27-35)38-14-9-15-40-39-13-6-8-17-42(39)46-43(38)40/h2-29,44H,1H3. The molecule has 1 heterocycles. The van der Waals surface area contributed by atoms with Crippen LogP contribution in [0.15, 0.2) is 174 Å². The molecular weight excluding hydrogens is 560 g/mol. The van der Waals surface area contributed by atoms with Crippen molar-refractivity contribution in [2.45, 2.75) is 6.92 Å². The van der Waals surface area contributed by atoms with Gasteiger partial charge in [0, 0.05) is 50.3 Å². The maximum Gasteiger partial charge on any atom is 0.143 e. The Balaban J connectivity index is 1.13. The average Bonchev–Trinajstić information content (AvgIpc) is 3.50. The smallest absolute Gasteiger partial charge is 0.143 e. The number of benzene rings is 7. The van der Waals surface area contributed by atoms with E-state index in [1.165, 1.54) is 16.7 Å². The van der Waals surface area contributed by atoms with Crippen LogP contribution in [0.25, 0.3) is 44.2 Å². The zero-order valence-electron chi connectivity index (χ0n) is 25.5. The van der Waals surface area contributed by atoms with Crippen LogP contribution < -0.4 is 10.2 Å². The second kappa shape index (κ2) is 11.8. The molecule has 0 saturated heterocycles. The monoisotopic (exact) mass is 592 g/mol. The molecule has 0 aliphatic rings. The Labute approximate surface area is 269 Å². The highest BCUT2D eigenvalue weighted by Crippen LogP contribution is 2.39. The van der Waals surface area contributed by atoms with Crippen LogP contribution in [0.5, 0.6) is 0 Å². The summed E-state index contributed by atoms with van der Waals surface area (Å²) in [4.78, 5) is 2.30. The van der Waals surface area contributed by atoms with Crippen molar-refractivity contribution in [1.29, 1.82) is 0 Å². The number of nitrogens with zero attached hydrogens (tertiary/aromatic N) is 1. The van der Waals surface area contributed by atoms with Gasteiger partial charge in [0.2, 0.25) is 0 Å². The van der Waals surface area contributed by atoms with Crippen molar-refractivity contribution >= 4 is 50.4 Å². The molecule has 0 aliphatic heterocycles. The number of fused-ring (bicyclic) bond motifs is 3. The Morgan fingerprint density at radius 2 is 1.02 bits per heavy atom. The molecule has 46 heavy (non-hydrogen) atoms. The molecule has 0 bridgehead atoms. The van der Waals surface area contributed by atoms with Crippen LogP contribution in [0, 0.1) is 6.92 Å². The lowest BCUT2D eigenvalue weighted by atomic mass is 10.0. The topological polar surface area (TPSA) is 28.4 Å². The minimum Gasteiger partial charge on any atom is -0.455 e. The van der Waals surface area contributed by atoms with Crippen LogP contribution in [0.3, 0.4) is 0 Å². The maximum atomic E-state index is 6.34. The summed E-state index contributed by atoms with van der Waals surface area (Å²) in [7, 11) is 0. The minimum absolute atomic E-state index is 0.911. The summed E-state index contributed by atoms with van der Waals surface area (Å²) in [5, 5.41) is 5.93. The molecule has 0 aliphatic carbocycles. The van der Waals surface area contributed by atoms with Crippen LogP contribution in [0.1, 0.15) is 5.56 Å². The lowest BCUT2D eigenvalue weighted by molar-refractivity contribution is 0.670. The summed E-state index contributed by atoms with van der Waals surface area (Å²) in [6.07, 6.45) is 0. The summed E-state index contributed by atoms with van der Waals surface area (Å²) in [6.45, 7) is 2.12. The van der Waals surface area contributed by atoms with E-state index in [-0.39, 0.29) is 0 Å². The van der Waals surface area contributed by atoms with Crippen molar-refractivity contribution < 1.29 is 4.42 Å². The first kappa shape index (κ1) is 27.5. The molecule has 0 unspecified atom stereocenters. The molecule has 1 aromatic heterocycles. The van der Waals surface area contributed by atoms with Crippen molar-refractivity contribution in [1.82, 2.24) is 0 Å². The van der Waals surface area contributed by atoms with Crippen molar-refractivity contribution in [3.8, 4) is 22.3 Å². The third-order valence-corrected chi connectivity index (χ3v) is 8.55. The van der Waals surface area contributed by atoms with Crippen LogP contribution in [-0.2, 0) is 0 Å². The van der Waals surface area contributed by atoms with Gasteiger partial charge in [0.25, 0.3) is 0 Å². The third-order valence-electron chi connectivity index (χ3n) is 8.55. The molecule has 8 aromatic rings. The van der Waals surface area contributed by atoms with Gasteiger partial charge in [0.15, 0.2) is 0 Å². The van der Waals surface area contributed by atoms with E-state index < -0.39 is 0 Å². The van der Waals surface area contributed by atoms with Gasteiger partial charge >= 0.3 is 0 Å². The molecule has 0 saturated carbocycles. The van der Waals surface area contributed by atoms with Crippen molar-refractivity contribution in [3.63, 3.8) is 0 Å². The lowest BCUT2D eigenvalue weighted by Gasteiger charge is -2.26. The highest BCUT2D eigenvalue weighted by Gasteiger charge is 2.15. The summed E-state index contributed by atoms with van der Waals surface area (Å²) < 4.78 is 6.34. The second-order valence-corrected chi connectivity index (χ2v) is 11.6. The first-order valence-electron chi connectivity index (χ1n) is 15.6. The fourth-order valence-electron chi connectivity index (χ4n) is 6.22. The van der Waals surface area contributed by atoms with Crippen LogP contribution in [0.4, 0.5) is 28.4 Å². The molecule has 3 heteroatoms. The van der Waals surface area contributed by atoms with E-state index in [1.807, 2.05) is 18.2 Å². The zero-order chi connectivity index (χ0) is 30.9. The Morgan fingerprint density at radius 3 is 1.78 bits per heavy atom. The Kier molecular flexibility index (Phi) is 7.05. The van der Waals surface area contributed by atoms with E-state index in [2.05, 4.69) is 169 Å². The summed E-state index contributed by atoms with van der Waals surface area (Å²) in [6, 6.07) is 59.6. The molecule has 0 spiro atoms. The SMILES string of the molecule is Cc1ccc(N(c2ccc(Nc3ccccc3-c3ccccc3)cc2)c2ccc(-c3cccc4c3oc3ccccc34)cc2)cc1. The Hall–Kier alpha value is -6.06. The first-order chi connectivity index (χ1) is 22.7. The largest absolute Gasteiger partial charge is 0.455 e. The molecule has 220 valence electrons. The van der Waals surface area contributed by atoms with E-state index in [0.29, 0.717) is 0 Å². The molecule has 8 rings (SSSR count). The number of nitrogens with one attached hydrogen (secondary N) is 1. The van der Waals surface area contributed by atoms with Crippen molar-refractivity contribution in [2.24, 2.45) is 0 Å². The fraction of sp³-hybridized carbons (Fsp3) is 0.0233. The van der Waals surface area contributed by atoms with E-state index >= 15 is 0 Å². The number of aryl methyl sites for hydroxylation is 1. The van der Waals surface area contributed by atoms with Crippen LogP contribution in [-0.4, -0.2) is 0 Å². The molecule has 0 amide bonds. The molecule has 3 nitrogen and oxygen atoms in total. The Bertz CT molecular complexity index is 2270. The summed E-state index contributed by atoms with van der Waals surface area (Å²) >= 11 is 0. The molecule has 0 atom stereocenters. The van der Waals surface area contributed by atoms with Crippen molar-refractivity contribution in [3.05, 3.63) is 175 Å². The van der Waals surface area contributed by atoms with E-state index in [1.54, 1.807) is 0 Å². The fourth-order valence-corrected chi connectivity index (χ4v) is 6.22. The number of rotatable bonds is 7. The Morgan fingerprint density at radius 1 is 0.457 bits per heavy atom. The van der Waals surface area contributed by atoms with Crippen molar-refractivity contribution in [2.75, 3.05) is 10.2 Å². The zero-order valence-corrected chi connectivity index (χ0v) is 25.5. The predicted octanol–water partition coefficient (Wildman–Crippen LogP) is 12.4. The summed E-state index contributed by atoms with van der Waals surface area (Å²) in [5.41, 5.74) is 13.0. The van der Waals surface area contributed by atoms with E-state index in [4.69, 9.17) is 4.42 Å². The average molecular weight is 593 g/mol. The summed E-state index contributed by atoms with van der Waals surface area (Å²) in [5.74, 6) is 0. The molecule has 1 N–H and O–H groups in total. The van der Waals surface area contributed by atoms with Gasteiger partial charge in [-0.25, -0.2) is 0 Å². The van der Waals surface area contributed by atoms with Gasteiger partial charge in [0.05, 0.1) is 0 Å². The number of anilines is 5. The second-order valence-electron chi connectivity index (χ2n) is 11.6. The van der Waals surface area contributed by atoms with Gasteiger partial charge in [0.1, 0.15) is 11.2 Å². The highest BCUT2D eigenvalue weighted by molar-refractivity contribution is 6.09. The van der Waals surface area contributed by atoms with Gasteiger partial charge in [-0.15, -0.1) is 0 Å². The lowest BCUT2D eigenvalue weighted by Crippen LogP contribution is -2.10. The maximum absolute atomic E-state index is 6.34. The number of para-hydroxylation sites is 3. The van der Waals surface area contributed by atoms with Gasteiger partial charge in [-0.1, -0.05) is 115 Å². The normalized spacial score (nSPS) is 11.2. The number of hydrogen-bond acceptors (Lipinski definition) is 3. The van der Waals surface area contributed by atoms with E-state index in [9.17, 15) is 0 Å². The van der Waals surface area contributed by atoms with Gasteiger partial charge < -0.3 is 14.6 Å². The van der Waals surface area contributed by atoms with Crippen LogP contribution >= 0.6 is 0 Å². The van der Waals surface area contributed by atoms with Gasteiger partial charge in [-0.05, 0) is 78.7 Å². The van der Waals surface area contributed by atoms with Gasteiger partial charge in [-0.3, -0.25) is 0 Å². The van der Waals surface area contributed by atoms with Crippen LogP contribution in [0.2, 0.25) is 0 Å². The molecule has 7 aromatic carbocycles. The molecule has 0 radical (unpaired) electrons. The van der Waals surface area contributed by atoms with Gasteiger partial charge in [-0.2, -0.15) is 0 Å². The minimum atomic E-state index is 0.911.